The number of aromatic nitrogens is 1. The first-order valence-electron chi connectivity index (χ1n) is 11.9. The Morgan fingerprint density at radius 2 is 1.68 bits per heavy atom. The third-order valence-corrected chi connectivity index (χ3v) is 6.58. The first-order valence-corrected chi connectivity index (χ1v) is 11.9. The van der Waals surface area contributed by atoms with Gasteiger partial charge in [-0.15, -0.1) is 0 Å². The third kappa shape index (κ3) is 4.74. The predicted octanol–water partition coefficient (Wildman–Crippen LogP) is 3.99. The summed E-state index contributed by atoms with van der Waals surface area (Å²) in [4.78, 5) is 19.5. The molecular weight excluding hydrogens is 424 g/mol. The van der Waals surface area contributed by atoms with Crippen LogP contribution in [0.4, 0.5) is 5.69 Å². The summed E-state index contributed by atoms with van der Waals surface area (Å²) in [5.74, 6) is -0.299. The highest BCUT2D eigenvalue weighted by molar-refractivity contribution is 5.96. The van der Waals surface area contributed by atoms with Gasteiger partial charge in [0.1, 0.15) is 0 Å². The number of methoxy groups -OCH3 is 1. The summed E-state index contributed by atoms with van der Waals surface area (Å²) in [6.07, 6.45) is 5.02. The molecule has 0 spiro atoms. The minimum atomic E-state index is -0.299. The molecule has 2 aliphatic rings. The van der Waals surface area contributed by atoms with Crippen molar-refractivity contribution < 1.29 is 9.53 Å². The topological polar surface area (TPSA) is 66.5 Å². The summed E-state index contributed by atoms with van der Waals surface area (Å²) in [6.45, 7) is 5.78. The van der Waals surface area contributed by atoms with E-state index in [4.69, 9.17) is 9.72 Å². The smallest absolute Gasteiger partial charge is 0.338 e. The molecule has 1 saturated heterocycles. The standard InChI is InChI=1S/C28H30N4O2/c1-34-28(33)25-8-6-23(18-26(25)21-10-12-29-13-11-21)20-2-4-22(5-3-20)27-9-7-24(19-31-27)32-16-14-30-15-17-32/h2-10,18-19,29-30H,11-17H2,1H3. The summed E-state index contributed by atoms with van der Waals surface area (Å²) < 4.78 is 5.03. The van der Waals surface area contributed by atoms with Crippen molar-refractivity contribution in [3.63, 3.8) is 0 Å². The van der Waals surface area contributed by atoms with Crippen molar-refractivity contribution in [3.8, 4) is 22.4 Å². The Morgan fingerprint density at radius 3 is 2.35 bits per heavy atom. The number of carbonyl (C=O) groups excluding carboxylic acids is 1. The molecule has 0 radical (unpaired) electrons. The van der Waals surface area contributed by atoms with Crippen LogP contribution < -0.4 is 15.5 Å². The summed E-state index contributed by atoms with van der Waals surface area (Å²) in [5, 5.41) is 6.72. The van der Waals surface area contributed by atoms with Crippen LogP contribution in [0.15, 0.2) is 66.9 Å². The highest BCUT2D eigenvalue weighted by atomic mass is 16.5. The fourth-order valence-corrected chi connectivity index (χ4v) is 4.64. The van der Waals surface area contributed by atoms with E-state index in [0.29, 0.717) is 5.56 Å². The Balaban J connectivity index is 1.39. The fourth-order valence-electron chi connectivity index (χ4n) is 4.64. The van der Waals surface area contributed by atoms with Crippen molar-refractivity contribution in [2.45, 2.75) is 6.42 Å². The summed E-state index contributed by atoms with van der Waals surface area (Å²) in [5.41, 5.74) is 8.17. The van der Waals surface area contributed by atoms with Gasteiger partial charge in [0.25, 0.3) is 0 Å². The van der Waals surface area contributed by atoms with E-state index in [2.05, 4.69) is 64.1 Å². The van der Waals surface area contributed by atoms with Crippen LogP contribution in [0.3, 0.4) is 0 Å². The van der Waals surface area contributed by atoms with Crippen molar-refractivity contribution in [3.05, 3.63) is 78.0 Å². The zero-order chi connectivity index (χ0) is 23.3. The van der Waals surface area contributed by atoms with Gasteiger partial charge in [-0.1, -0.05) is 36.4 Å². The average molecular weight is 455 g/mol. The molecule has 174 valence electrons. The lowest BCUT2D eigenvalue weighted by molar-refractivity contribution is 0.0600. The van der Waals surface area contributed by atoms with Crippen LogP contribution >= 0.6 is 0 Å². The molecule has 3 heterocycles. The minimum absolute atomic E-state index is 0.299. The molecule has 6 heteroatoms. The van der Waals surface area contributed by atoms with E-state index in [1.54, 1.807) is 0 Å². The molecule has 1 fully saturated rings. The maximum absolute atomic E-state index is 12.4. The molecule has 5 rings (SSSR count). The van der Waals surface area contributed by atoms with Gasteiger partial charge in [0.05, 0.1) is 30.3 Å². The number of rotatable bonds is 5. The Morgan fingerprint density at radius 1 is 0.912 bits per heavy atom. The van der Waals surface area contributed by atoms with Gasteiger partial charge in [0.2, 0.25) is 0 Å². The lowest BCUT2D eigenvalue weighted by Gasteiger charge is -2.29. The number of anilines is 1. The van der Waals surface area contributed by atoms with Gasteiger partial charge < -0.3 is 20.3 Å². The van der Waals surface area contributed by atoms with E-state index in [9.17, 15) is 4.79 Å². The van der Waals surface area contributed by atoms with E-state index in [-0.39, 0.29) is 5.97 Å². The van der Waals surface area contributed by atoms with Gasteiger partial charge in [-0.2, -0.15) is 0 Å². The Kier molecular flexibility index (Phi) is 6.70. The molecule has 0 amide bonds. The number of piperazine rings is 1. The summed E-state index contributed by atoms with van der Waals surface area (Å²) in [7, 11) is 1.43. The minimum Gasteiger partial charge on any atom is -0.465 e. The second kappa shape index (κ2) is 10.2. The second-order valence-corrected chi connectivity index (χ2v) is 8.65. The molecule has 2 aromatic carbocycles. The zero-order valence-electron chi connectivity index (χ0n) is 19.5. The van der Waals surface area contributed by atoms with Crippen LogP contribution in [0.2, 0.25) is 0 Å². The first kappa shape index (κ1) is 22.3. The number of nitrogens with one attached hydrogen (secondary N) is 2. The molecule has 3 aromatic rings. The molecule has 1 aromatic heterocycles. The molecular formula is C28H30N4O2. The van der Waals surface area contributed by atoms with Crippen molar-refractivity contribution in [2.75, 3.05) is 51.3 Å². The third-order valence-electron chi connectivity index (χ3n) is 6.58. The van der Waals surface area contributed by atoms with E-state index < -0.39 is 0 Å². The lowest BCUT2D eigenvalue weighted by Crippen LogP contribution is -2.43. The van der Waals surface area contributed by atoms with Gasteiger partial charge in [0, 0.05) is 38.3 Å². The quantitative estimate of drug-likeness (QED) is 0.569. The normalized spacial score (nSPS) is 16.1. The number of carbonyl (C=O) groups is 1. The second-order valence-electron chi connectivity index (χ2n) is 8.65. The zero-order valence-corrected chi connectivity index (χ0v) is 19.5. The van der Waals surface area contributed by atoms with Crippen LogP contribution in [-0.4, -0.2) is 57.3 Å². The Bertz CT molecular complexity index is 1180. The van der Waals surface area contributed by atoms with Gasteiger partial charge >= 0.3 is 5.97 Å². The molecule has 2 aliphatic heterocycles. The van der Waals surface area contributed by atoms with Crippen molar-refractivity contribution in [1.29, 1.82) is 0 Å². The predicted molar refractivity (Wildman–Crippen MR) is 137 cm³/mol. The van der Waals surface area contributed by atoms with Crippen LogP contribution in [-0.2, 0) is 4.74 Å². The molecule has 0 unspecified atom stereocenters. The number of hydrogen-bond acceptors (Lipinski definition) is 6. The SMILES string of the molecule is COC(=O)c1ccc(-c2ccc(-c3ccc(N4CCNCC4)cn3)cc2)cc1C1=CCNCC1. The fraction of sp³-hybridized carbons (Fsp3) is 0.286. The van der Waals surface area contributed by atoms with Gasteiger partial charge in [-0.05, 0) is 59.5 Å². The van der Waals surface area contributed by atoms with E-state index in [1.165, 1.54) is 18.4 Å². The Labute approximate surface area is 200 Å². The maximum Gasteiger partial charge on any atom is 0.338 e. The number of pyridine rings is 1. The molecule has 34 heavy (non-hydrogen) atoms. The molecule has 2 N–H and O–H groups in total. The number of ether oxygens (including phenoxy) is 1. The van der Waals surface area contributed by atoms with Gasteiger partial charge in [0.15, 0.2) is 0 Å². The number of hydrogen-bond donors (Lipinski definition) is 2. The molecule has 0 bridgehead atoms. The highest BCUT2D eigenvalue weighted by Gasteiger charge is 2.17. The first-order chi connectivity index (χ1) is 16.7. The van der Waals surface area contributed by atoms with Crippen molar-refractivity contribution >= 4 is 17.2 Å². The molecule has 0 aliphatic carbocycles. The number of benzene rings is 2. The van der Waals surface area contributed by atoms with E-state index in [1.807, 2.05) is 18.3 Å². The molecule has 0 atom stereocenters. The molecule has 6 nitrogen and oxygen atoms in total. The van der Waals surface area contributed by atoms with Crippen LogP contribution in [0.1, 0.15) is 22.3 Å². The van der Waals surface area contributed by atoms with Gasteiger partial charge in [-0.3, -0.25) is 4.98 Å². The summed E-state index contributed by atoms with van der Waals surface area (Å²) >= 11 is 0. The van der Waals surface area contributed by atoms with Crippen LogP contribution in [0.5, 0.6) is 0 Å². The average Bonchev–Trinajstić information content (AvgIpc) is 2.93. The van der Waals surface area contributed by atoms with Crippen molar-refractivity contribution in [1.82, 2.24) is 15.6 Å². The lowest BCUT2D eigenvalue weighted by atomic mass is 9.91. The largest absolute Gasteiger partial charge is 0.465 e. The summed E-state index contributed by atoms with van der Waals surface area (Å²) in [6, 6.07) is 18.7. The van der Waals surface area contributed by atoms with E-state index in [0.717, 1.165) is 73.6 Å². The number of nitrogens with zero attached hydrogens (tertiary/aromatic N) is 2. The monoisotopic (exact) mass is 454 g/mol. The van der Waals surface area contributed by atoms with Crippen LogP contribution in [0, 0.1) is 0 Å². The highest BCUT2D eigenvalue weighted by Crippen LogP contribution is 2.31. The molecule has 0 saturated carbocycles. The number of esters is 1. The van der Waals surface area contributed by atoms with Gasteiger partial charge in [-0.25, -0.2) is 4.79 Å². The maximum atomic E-state index is 12.4. The Hall–Kier alpha value is -3.48. The van der Waals surface area contributed by atoms with Crippen LogP contribution in [0.25, 0.3) is 28.0 Å². The van der Waals surface area contributed by atoms with E-state index >= 15 is 0 Å². The van der Waals surface area contributed by atoms with Crippen molar-refractivity contribution in [2.24, 2.45) is 0 Å².